The van der Waals surface area contributed by atoms with E-state index in [0.29, 0.717) is 12.4 Å². The van der Waals surface area contributed by atoms with Crippen molar-refractivity contribution in [2.75, 3.05) is 7.11 Å². The summed E-state index contributed by atoms with van der Waals surface area (Å²) < 4.78 is 16.7. The van der Waals surface area contributed by atoms with Crippen LogP contribution in [0.2, 0.25) is 0 Å². The van der Waals surface area contributed by atoms with Gasteiger partial charge in [-0.25, -0.2) is 0 Å². The van der Waals surface area contributed by atoms with Gasteiger partial charge in [-0.2, -0.15) is 0 Å². The molecule has 0 aliphatic rings. The minimum Gasteiger partial charge on any atom is -0.493 e. The second kappa shape index (κ2) is 9.14. The first-order chi connectivity index (χ1) is 13.9. The summed E-state index contributed by atoms with van der Waals surface area (Å²) >= 11 is 0. The Morgan fingerprint density at radius 2 is 1.72 bits per heavy atom. The second-order valence-corrected chi connectivity index (χ2v) is 7.60. The predicted molar refractivity (Wildman–Crippen MR) is 114 cm³/mol. The predicted octanol–water partition coefficient (Wildman–Crippen LogP) is 5.35. The van der Waals surface area contributed by atoms with Gasteiger partial charge in [-0.3, -0.25) is 0 Å². The molecule has 0 saturated carbocycles. The van der Waals surface area contributed by atoms with Crippen LogP contribution < -0.4 is 14.8 Å². The molecule has 3 rings (SSSR count). The molecule has 0 fully saturated rings. The van der Waals surface area contributed by atoms with Gasteiger partial charge < -0.3 is 19.3 Å². The van der Waals surface area contributed by atoms with E-state index in [9.17, 15) is 0 Å². The molecule has 1 unspecified atom stereocenters. The van der Waals surface area contributed by atoms with Crippen LogP contribution in [0.25, 0.3) is 0 Å². The second-order valence-electron chi connectivity index (χ2n) is 7.60. The van der Waals surface area contributed by atoms with Gasteiger partial charge in [-0.1, -0.05) is 40.5 Å². The summed E-state index contributed by atoms with van der Waals surface area (Å²) in [5, 5.41) is 7.56. The molecule has 0 aliphatic carbocycles. The fourth-order valence-electron chi connectivity index (χ4n) is 3.45. The van der Waals surface area contributed by atoms with Crippen molar-refractivity contribution in [1.82, 2.24) is 10.5 Å². The number of hydrogen-bond donors (Lipinski definition) is 1. The molecule has 5 nitrogen and oxygen atoms in total. The van der Waals surface area contributed by atoms with Crippen molar-refractivity contribution in [2.24, 2.45) is 0 Å². The van der Waals surface area contributed by atoms with Crippen molar-refractivity contribution in [3.8, 4) is 11.5 Å². The molecule has 5 heteroatoms. The van der Waals surface area contributed by atoms with Crippen LogP contribution in [0.15, 0.2) is 40.9 Å². The number of aryl methyl sites for hydroxylation is 4. The fourth-order valence-corrected chi connectivity index (χ4v) is 3.45. The summed E-state index contributed by atoms with van der Waals surface area (Å²) in [6.07, 6.45) is 0. The minimum atomic E-state index is 0.259. The molecule has 0 bridgehead atoms. The molecule has 0 amide bonds. The molecule has 1 N–H and O–H groups in total. The highest BCUT2D eigenvalue weighted by molar-refractivity contribution is 5.43. The summed E-state index contributed by atoms with van der Waals surface area (Å²) in [5.41, 5.74) is 6.84. The van der Waals surface area contributed by atoms with E-state index in [1.54, 1.807) is 7.11 Å². The first-order valence-corrected chi connectivity index (χ1v) is 9.90. The molecule has 3 aromatic rings. The highest BCUT2D eigenvalue weighted by atomic mass is 16.5. The van der Waals surface area contributed by atoms with Gasteiger partial charge in [0.2, 0.25) is 0 Å². The van der Waals surface area contributed by atoms with Crippen molar-refractivity contribution in [1.29, 1.82) is 0 Å². The number of nitrogens with one attached hydrogen (secondary N) is 1. The number of hydrogen-bond acceptors (Lipinski definition) is 5. The average Bonchev–Trinajstić information content (AvgIpc) is 3.01. The van der Waals surface area contributed by atoms with Gasteiger partial charge in [0.25, 0.3) is 0 Å². The van der Waals surface area contributed by atoms with E-state index in [4.69, 9.17) is 14.0 Å². The molecular formula is C24H30N2O3. The summed E-state index contributed by atoms with van der Waals surface area (Å²) in [6.45, 7) is 11.4. The third kappa shape index (κ3) is 5.18. The Balaban J connectivity index is 1.65. The van der Waals surface area contributed by atoms with E-state index < -0.39 is 0 Å². The van der Waals surface area contributed by atoms with Crippen LogP contribution in [0.5, 0.6) is 11.5 Å². The van der Waals surface area contributed by atoms with Crippen LogP contribution in [0.3, 0.4) is 0 Å². The summed E-state index contributed by atoms with van der Waals surface area (Å²) in [6, 6.07) is 13.0. The molecule has 1 aromatic heterocycles. The van der Waals surface area contributed by atoms with Gasteiger partial charge in [0.05, 0.1) is 18.4 Å². The zero-order valence-corrected chi connectivity index (χ0v) is 18.1. The molecule has 1 atom stereocenters. The Bertz CT molecular complexity index is 939. The maximum absolute atomic E-state index is 5.96. The Morgan fingerprint density at radius 1 is 1.00 bits per heavy atom. The van der Waals surface area contributed by atoms with Crippen molar-refractivity contribution in [3.05, 3.63) is 75.7 Å². The maximum atomic E-state index is 5.96. The summed E-state index contributed by atoms with van der Waals surface area (Å²) in [5.74, 6) is 2.20. The molecule has 29 heavy (non-hydrogen) atoms. The van der Waals surface area contributed by atoms with E-state index in [0.717, 1.165) is 34.9 Å². The van der Waals surface area contributed by atoms with E-state index in [1.807, 2.05) is 26.0 Å². The minimum absolute atomic E-state index is 0.259. The number of nitrogens with zero attached hydrogens (tertiary/aromatic N) is 1. The van der Waals surface area contributed by atoms with E-state index >= 15 is 0 Å². The quantitative estimate of drug-likeness (QED) is 0.558. The van der Waals surface area contributed by atoms with Crippen molar-refractivity contribution < 1.29 is 14.0 Å². The molecule has 154 valence electrons. The highest BCUT2D eigenvalue weighted by Crippen LogP contribution is 2.30. The third-order valence-electron chi connectivity index (χ3n) is 5.14. The number of aromatic nitrogens is 1. The zero-order chi connectivity index (χ0) is 21.0. The lowest BCUT2D eigenvalue weighted by Gasteiger charge is -2.17. The van der Waals surface area contributed by atoms with Crippen LogP contribution in [-0.4, -0.2) is 12.3 Å². The van der Waals surface area contributed by atoms with Crippen LogP contribution in [-0.2, 0) is 13.2 Å². The van der Waals surface area contributed by atoms with Crippen molar-refractivity contribution in [3.63, 3.8) is 0 Å². The fraction of sp³-hybridized carbons (Fsp3) is 0.375. The number of ether oxygens (including phenoxy) is 2. The van der Waals surface area contributed by atoms with E-state index in [1.165, 1.54) is 16.7 Å². The van der Waals surface area contributed by atoms with Gasteiger partial charge in [0.1, 0.15) is 12.4 Å². The van der Waals surface area contributed by atoms with Gasteiger partial charge in [0.15, 0.2) is 11.5 Å². The first kappa shape index (κ1) is 20.9. The topological polar surface area (TPSA) is 56.5 Å². The smallest absolute Gasteiger partial charge is 0.161 e. The van der Waals surface area contributed by atoms with E-state index in [2.05, 4.69) is 55.5 Å². The molecule has 0 aliphatic heterocycles. The summed E-state index contributed by atoms with van der Waals surface area (Å²) in [7, 11) is 1.66. The Morgan fingerprint density at radius 3 is 2.34 bits per heavy atom. The molecular weight excluding hydrogens is 364 g/mol. The van der Waals surface area contributed by atoms with Crippen LogP contribution in [0.4, 0.5) is 0 Å². The Labute approximate surface area is 173 Å². The lowest BCUT2D eigenvalue weighted by Crippen LogP contribution is -2.18. The molecule has 0 spiro atoms. The number of rotatable bonds is 8. The maximum Gasteiger partial charge on any atom is 0.161 e. The average molecular weight is 395 g/mol. The lowest BCUT2D eigenvalue weighted by molar-refractivity contribution is 0.281. The van der Waals surface area contributed by atoms with Crippen molar-refractivity contribution in [2.45, 2.75) is 53.8 Å². The molecule has 1 heterocycles. The third-order valence-corrected chi connectivity index (χ3v) is 5.14. The first-order valence-electron chi connectivity index (χ1n) is 9.90. The lowest BCUT2D eigenvalue weighted by atomic mass is 10.0. The highest BCUT2D eigenvalue weighted by Gasteiger charge is 2.13. The Kier molecular flexibility index (Phi) is 6.60. The normalized spacial score (nSPS) is 12.1. The van der Waals surface area contributed by atoms with Crippen LogP contribution in [0, 0.1) is 27.7 Å². The van der Waals surface area contributed by atoms with Crippen LogP contribution in [0.1, 0.15) is 52.2 Å². The van der Waals surface area contributed by atoms with Crippen molar-refractivity contribution >= 4 is 0 Å². The number of benzene rings is 2. The van der Waals surface area contributed by atoms with Gasteiger partial charge in [-0.05, 0) is 57.9 Å². The monoisotopic (exact) mass is 394 g/mol. The van der Waals surface area contributed by atoms with Crippen LogP contribution >= 0.6 is 0 Å². The van der Waals surface area contributed by atoms with Gasteiger partial charge in [-0.15, -0.1) is 0 Å². The van der Waals surface area contributed by atoms with Gasteiger partial charge >= 0.3 is 0 Å². The number of methoxy groups -OCH3 is 1. The summed E-state index contributed by atoms with van der Waals surface area (Å²) in [4.78, 5) is 0. The molecule has 2 aromatic carbocycles. The standard InChI is InChI=1S/C24H30N2O3/c1-15-9-16(2)11-21(10-15)17(3)25-13-20-7-8-23(24(12-20)27-6)28-14-22-18(4)26-29-19(22)5/h7-12,17,25H,13-14H2,1-6H3. The largest absolute Gasteiger partial charge is 0.493 e. The van der Waals surface area contributed by atoms with E-state index in [-0.39, 0.29) is 6.04 Å². The Hall–Kier alpha value is -2.79. The zero-order valence-electron chi connectivity index (χ0n) is 18.1. The van der Waals surface area contributed by atoms with Gasteiger partial charge in [0, 0.05) is 12.6 Å². The SMILES string of the molecule is COc1cc(CNC(C)c2cc(C)cc(C)c2)ccc1OCc1c(C)noc1C. The molecule has 0 saturated heterocycles. The molecule has 0 radical (unpaired) electrons.